The van der Waals surface area contributed by atoms with Gasteiger partial charge in [0.1, 0.15) is 6.54 Å². The zero-order valence-electron chi connectivity index (χ0n) is 22.7. The van der Waals surface area contributed by atoms with E-state index in [1.807, 2.05) is 39.8 Å². The maximum atomic E-state index is 13.8. The van der Waals surface area contributed by atoms with E-state index in [2.05, 4.69) is 6.58 Å². The lowest BCUT2D eigenvalue weighted by Crippen LogP contribution is -2.45. The maximum absolute atomic E-state index is 13.8. The van der Waals surface area contributed by atoms with Crippen molar-refractivity contribution < 1.29 is 29.0 Å². The van der Waals surface area contributed by atoms with Crippen molar-refractivity contribution in [3.63, 3.8) is 0 Å². The summed E-state index contributed by atoms with van der Waals surface area (Å²) < 4.78 is 11.3. The van der Waals surface area contributed by atoms with Gasteiger partial charge in [-0.2, -0.15) is 0 Å². The summed E-state index contributed by atoms with van der Waals surface area (Å²) in [5.74, 6) is -0.577. The molecule has 7 nitrogen and oxygen atoms in total. The van der Waals surface area contributed by atoms with Crippen molar-refractivity contribution in [2.75, 3.05) is 20.8 Å². The predicted octanol–water partition coefficient (Wildman–Crippen LogP) is 5.20. The van der Waals surface area contributed by atoms with Gasteiger partial charge in [-0.25, -0.2) is 0 Å². The molecule has 37 heavy (non-hydrogen) atoms. The molecule has 0 amide bonds. The normalized spacial score (nSPS) is 21.0. The van der Waals surface area contributed by atoms with Crippen molar-refractivity contribution in [2.24, 2.45) is 10.8 Å². The molecule has 2 aliphatic carbocycles. The largest absolute Gasteiger partial charge is 0.493 e. The van der Waals surface area contributed by atoms with E-state index >= 15 is 0 Å². The maximum Gasteiger partial charge on any atom is 0.323 e. The summed E-state index contributed by atoms with van der Waals surface area (Å²) in [4.78, 5) is 41.4. The van der Waals surface area contributed by atoms with Gasteiger partial charge in [0.05, 0.1) is 14.2 Å². The number of carbonyl (C=O) groups is 3. The van der Waals surface area contributed by atoms with E-state index in [1.165, 1.54) is 0 Å². The highest BCUT2D eigenvalue weighted by molar-refractivity contribution is 6.07. The molecule has 0 spiro atoms. The van der Waals surface area contributed by atoms with E-state index in [-0.39, 0.29) is 28.9 Å². The van der Waals surface area contributed by atoms with Crippen molar-refractivity contribution in [1.82, 2.24) is 4.90 Å². The second-order valence-electron chi connectivity index (χ2n) is 11.9. The number of carbonyl (C=O) groups excluding carboxylic acids is 2. The minimum absolute atomic E-state index is 0.0455. The van der Waals surface area contributed by atoms with Crippen LogP contribution in [0.2, 0.25) is 0 Å². The summed E-state index contributed by atoms with van der Waals surface area (Å²) in [6, 6.07) is 3.81. The molecule has 0 bridgehead atoms. The number of carboxylic acid groups (broad SMARTS) is 1. The number of hydrogen-bond donors (Lipinski definition) is 1. The summed E-state index contributed by atoms with van der Waals surface area (Å²) in [5, 5.41) is 9.85. The molecule has 0 unspecified atom stereocenters. The quantitative estimate of drug-likeness (QED) is 0.507. The van der Waals surface area contributed by atoms with Crippen molar-refractivity contribution in [3.8, 4) is 11.5 Å². The first-order valence-electron chi connectivity index (χ1n) is 12.7. The van der Waals surface area contributed by atoms with Gasteiger partial charge in [0.15, 0.2) is 23.1 Å². The summed E-state index contributed by atoms with van der Waals surface area (Å²) in [6.07, 6.45) is 4.06. The Bertz CT molecular complexity index is 1190. The number of ether oxygens (including phenoxy) is 2. The number of carboxylic acids is 1. The second-order valence-corrected chi connectivity index (χ2v) is 11.9. The predicted molar refractivity (Wildman–Crippen MR) is 141 cm³/mol. The number of hydrogen-bond acceptors (Lipinski definition) is 6. The van der Waals surface area contributed by atoms with Gasteiger partial charge in [0.2, 0.25) is 0 Å². The topological polar surface area (TPSA) is 93.1 Å². The van der Waals surface area contributed by atoms with Crippen LogP contribution in [0.5, 0.6) is 11.5 Å². The molecule has 7 heteroatoms. The number of nitrogens with zero attached hydrogens (tertiary/aromatic N) is 1. The van der Waals surface area contributed by atoms with E-state index in [4.69, 9.17) is 9.47 Å². The van der Waals surface area contributed by atoms with Crippen LogP contribution in [0.25, 0.3) is 0 Å². The Morgan fingerprint density at radius 1 is 1.00 bits per heavy atom. The Labute approximate surface area is 218 Å². The van der Waals surface area contributed by atoms with E-state index in [0.29, 0.717) is 54.7 Å². The molecule has 1 aliphatic heterocycles. The fourth-order valence-electron chi connectivity index (χ4n) is 6.25. The minimum Gasteiger partial charge on any atom is -0.493 e. The Balaban J connectivity index is 2.06. The molecule has 1 N–H and O–H groups in total. The smallest absolute Gasteiger partial charge is 0.323 e. The van der Waals surface area contributed by atoms with Crippen LogP contribution in [0.15, 0.2) is 47.3 Å². The van der Waals surface area contributed by atoms with Crippen molar-refractivity contribution >= 4 is 17.5 Å². The van der Waals surface area contributed by atoms with Crippen LogP contribution in [0.3, 0.4) is 0 Å². The van der Waals surface area contributed by atoms with Crippen LogP contribution in [0, 0.1) is 10.8 Å². The Morgan fingerprint density at radius 2 is 1.54 bits per heavy atom. The third kappa shape index (κ3) is 4.83. The lowest BCUT2D eigenvalue weighted by molar-refractivity contribution is -0.138. The fourth-order valence-corrected chi connectivity index (χ4v) is 6.25. The second kappa shape index (κ2) is 9.51. The van der Waals surface area contributed by atoms with Gasteiger partial charge in [-0.3, -0.25) is 14.4 Å². The molecule has 0 saturated heterocycles. The molecule has 0 fully saturated rings. The molecule has 0 radical (unpaired) electrons. The third-order valence-corrected chi connectivity index (χ3v) is 7.59. The van der Waals surface area contributed by atoms with E-state index in [9.17, 15) is 19.5 Å². The van der Waals surface area contributed by atoms with Gasteiger partial charge in [-0.15, -0.1) is 6.58 Å². The molecule has 198 valence electrons. The Hall–Kier alpha value is -3.35. The first-order chi connectivity index (χ1) is 17.3. The number of rotatable bonds is 7. The lowest BCUT2D eigenvalue weighted by atomic mass is 9.63. The molecule has 1 aromatic rings. The van der Waals surface area contributed by atoms with Crippen LogP contribution in [0.4, 0.5) is 0 Å². The number of ketones is 2. The summed E-state index contributed by atoms with van der Waals surface area (Å²) >= 11 is 0. The Morgan fingerprint density at radius 3 is 1.97 bits per heavy atom. The first kappa shape index (κ1) is 26.7. The van der Waals surface area contributed by atoms with Crippen LogP contribution in [-0.2, 0) is 20.8 Å². The van der Waals surface area contributed by atoms with Gasteiger partial charge in [0.25, 0.3) is 0 Å². The standard InChI is InChI=1S/C30H37NO6/c1-8-9-17-10-18(11-23(36-6)28(17)37-7)25-26-19(12-29(2,3)14-21(26)32)31(16-24(34)35)20-13-30(4,5)15-22(33)27(20)25/h8,10-11,25H,1,9,12-16H2,2-7H3,(H,34,35). The SMILES string of the molecule is C=CCc1cc(C2C3=C(CC(C)(C)CC3=O)N(CC(=O)O)C3=C2C(=O)CC(C)(C)C3)cc(OC)c1OC. The van der Waals surface area contributed by atoms with E-state index in [1.54, 1.807) is 25.2 Å². The molecule has 1 heterocycles. The first-order valence-corrected chi connectivity index (χ1v) is 12.7. The summed E-state index contributed by atoms with van der Waals surface area (Å²) in [7, 11) is 3.14. The number of aliphatic carboxylic acids is 1. The van der Waals surface area contributed by atoms with Crippen LogP contribution < -0.4 is 9.47 Å². The summed E-state index contributed by atoms with van der Waals surface area (Å²) in [6.45, 7) is 11.7. The highest BCUT2D eigenvalue weighted by Gasteiger charge is 2.49. The molecule has 0 saturated carbocycles. The lowest BCUT2D eigenvalue weighted by Gasteiger charge is -2.48. The third-order valence-electron chi connectivity index (χ3n) is 7.59. The van der Waals surface area contributed by atoms with Crippen LogP contribution >= 0.6 is 0 Å². The molecule has 1 aromatic carbocycles. The average molecular weight is 508 g/mol. The molecular weight excluding hydrogens is 470 g/mol. The molecule has 4 rings (SSSR count). The number of methoxy groups -OCH3 is 2. The molecule has 3 aliphatic rings. The zero-order chi connectivity index (χ0) is 27.3. The fraction of sp³-hybridized carbons (Fsp3) is 0.500. The minimum atomic E-state index is -0.997. The van der Waals surface area contributed by atoms with Crippen molar-refractivity contribution in [2.45, 2.75) is 65.7 Å². The number of allylic oxidation sites excluding steroid dienone is 5. The Kier molecular flexibility index (Phi) is 6.86. The number of Topliss-reactive ketones (excluding diaryl/α,β-unsaturated/α-hetero) is 2. The van der Waals surface area contributed by atoms with Crippen LogP contribution in [-0.4, -0.2) is 48.3 Å². The molecular formula is C30H37NO6. The van der Waals surface area contributed by atoms with E-state index in [0.717, 1.165) is 22.5 Å². The zero-order valence-corrected chi connectivity index (χ0v) is 22.7. The molecule has 0 aromatic heterocycles. The molecule has 0 atom stereocenters. The monoisotopic (exact) mass is 507 g/mol. The van der Waals surface area contributed by atoms with Crippen molar-refractivity contribution in [1.29, 1.82) is 0 Å². The van der Waals surface area contributed by atoms with Gasteiger partial charge in [-0.05, 0) is 41.7 Å². The van der Waals surface area contributed by atoms with Gasteiger partial charge in [-0.1, -0.05) is 39.8 Å². The average Bonchev–Trinajstić information content (AvgIpc) is 2.77. The number of benzene rings is 1. The summed E-state index contributed by atoms with van der Waals surface area (Å²) in [5.41, 5.74) is 3.47. The van der Waals surface area contributed by atoms with Crippen molar-refractivity contribution in [3.05, 3.63) is 58.5 Å². The van der Waals surface area contributed by atoms with Gasteiger partial charge >= 0.3 is 5.97 Å². The van der Waals surface area contributed by atoms with Crippen LogP contribution in [0.1, 0.15) is 70.4 Å². The highest BCUT2D eigenvalue weighted by atomic mass is 16.5. The van der Waals surface area contributed by atoms with Gasteiger partial charge in [0, 0.05) is 46.9 Å². The van der Waals surface area contributed by atoms with E-state index < -0.39 is 11.9 Å². The van der Waals surface area contributed by atoms with Gasteiger partial charge < -0.3 is 19.5 Å². The highest BCUT2D eigenvalue weighted by Crippen LogP contribution is 2.55.